The molecule has 1 aliphatic rings. The van der Waals surface area contributed by atoms with E-state index in [0.717, 1.165) is 16.9 Å². The molecule has 1 amide bonds. The average molecular weight is 313 g/mol. The molecule has 120 valence electrons. The van der Waals surface area contributed by atoms with Crippen LogP contribution in [0.5, 0.6) is 5.75 Å². The van der Waals surface area contributed by atoms with Crippen molar-refractivity contribution >= 4 is 5.91 Å². The minimum atomic E-state index is -0.0164. The van der Waals surface area contributed by atoms with E-state index in [1.807, 2.05) is 24.3 Å². The van der Waals surface area contributed by atoms with Crippen LogP contribution in [-0.2, 0) is 31.2 Å². The summed E-state index contributed by atoms with van der Waals surface area (Å²) in [6, 6.07) is 7.48. The van der Waals surface area contributed by atoms with Crippen molar-refractivity contribution in [2.75, 3.05) is 13.7 Å². The Labute approximate surface area is 134 Å². The van der Waals surface area contributed by atoms with Gasteiger partial charge >= 0.3 is 0 Å². The molecule has 1 aromatic carbocycles. The highest BCUT2D eigenvalue weighted by atomic mass is 16.5. The summed E-state index contributed by atoms with van der Waals surface area (Å²) in [6.45, 7) is 0.962. The number of amides is 1. The Hall–Kier alpha value is -2.63. The summed E-state index contributed by atoms with van der Waals surface area (Å²) < 4.78 is 6.60. The predicted molar refractivity (Wildman–Crippen MR) is 85.3 cm³/mol. The molecule has 3 rings (SSSR count). The topological polar surface area (TPSA) is 64.4 Å². The lowest BCUT2D eigenvalue weighted by molar-refractivity contribution is -0.131. The van der Waals surface area contributed by atoms with Crippen LogP contribution >= 0.6 is 0 Å². The molecule has 0 atom stereocenters. The highest BCUT2D eigenvalue weighted by Gasteiger charge is 2.23. The maximum Gasteiger partial charge on any atom is 0.256 e. The third-order valence-corrected chi connectivity index (χ3v) is 4.15. The second-order valence-electron chi connectivity index (χ2n) is 5.68. The summed E-state index contributed by atoms with van der Waals surface area (Å²) in [5, 5.41) is 0. The normalized spacial score (nSPS) is 13.6. The van der Waals surface area contributed by atoms with Gasteiger partial charge in [-0.25, -0.2) is 4.98 Å². The quantitative estimate of drug-likeness (QED) is 0.845. The first-order valence-corrected chi connectivity index (χ1v) is 7.52. The molecule has 2 heterocycles. The Bertz CT molecular complexity index is 781. The van der Waals surface area contributed by atoms with Crippen LogP contribution in [0, 0.1) is 0 Å². The van der Waals surface area contributed by atoms with Gasteiger partial charge in [0.15, 0.2) is 0 Å². The average Bonchev–Trinajstić information content (AvgIpc) is 2.58. The van der Waals surface area contributed by atoms with Crippen LogP contribution in [0.25, 0.3) is 0 Å². The predicted octanol–water partition coefficient (Wildman–Crippen LogP) is 0.916. The number of nitrogens with zero attached hydrogens (tertiary/aromatic N) is 3. The minimum Gasteiger partial charge on any atom is -0.497 e. The molecule has 2 aromatic rings. The third kappa shape index (κ3) is 3.11. The van der Waals surface area contributed by atoms with Crippen molar-refractivity contribution in [1.29, 1.82) is 0 Å². The molecule has 6 nitrogen and oxygen atoms in total. The lowest BCUT2D eigenvalue weighted by Gasteiger charge is -2.28. The lowest BCUT2D eigenvalue weighted by atomic mass is 10.0. The van der Waals surface area contributed by atoms with E-state index in [1.165, 1.54) is 10.9 Å². The monoisotopic (exact) mass is 313 g/mol. The van der Waals surface area contributed by atoms with Crippen LogP contribution in [0.4, 0.5) is 0 Å². The maximum atomic E-state index is 12.5. The van der Waals surface area contributed by atoms with Gasteiger partial charge in [0.05, 0.1) is 32.1 Å². The number of methoxy groups -OCH3 is 1. The van der Waals surface area contributed by atoms with E-state index in [1.54, 1.807) is 19.1 Å². The summed E-state index contributed by atoms with van der Waals surface area (Å²) in [7, 11) is 3.30. The second kappa shape index (κ2) is 6.24. The molecule has 0 N–H and O–H groups in total. The molecule has 0 saturated carbocycles. The van der Waals surface area contributed by atoms with Crippen molar-refractivity contribution in [1.82, 2.24) is 14.5 Å². The summed E-state index contributed by atoms with van der Waals surface area (Å²) >= 11 is 0. The van der Waals surface area contributed by atoms with E-state index in [9.17, 15) is 9.59 Å². The van der Waals surface area contributed by atoms with Gasteiger partial charge < -0.3 is 14.2 Å². The Balaban J connectivity index is 1.71. The molecule has 0 saturated heterocycles. The van der Waals surface area contributed by atoms with Gasteiger partial charge in [-0.05, 0) is 24.1 Å². The van der Waals surface area contributed by atoms with Gasteiger partial charge in [0, 0.05) is 19.2 Å². The standard InChI is InChI=1S/C17H19N3O3/c1-19-11-18-15-10-20(8-7-14(15)17(19)22)16(21)9-12-3-5-13(23-2)6-4-12/h3-6,11H,7-10H2,1-2H3. The third-order valence-electron chi connectivity index (χ3n) is 4.15. The minimum absolute atomic E-state index is 0.0164. The first kappa shape index (κ1) is 15.3. The van der Waals surface area contributed by atoms with E-state index in [2.05, 4.69) is 4.98 Å². The summed E-state index contributed by atoms with van der Waals surface area (Å²) in [5.74, 6) is 0.816. The van der Waals surface area contributed by atoms with Crippen LogP contribution in [0.1, 0.15) is 16.8 Å². The SMILES string of the molecule is COc1ccc(CC(=O)N2CCc3c(ncn(C)c3=O)C2)cc1. The van der Waals surface area contributed by atoms with Crippen molar-refractivity contribution in [3.05, 3.63) is 57.8 Å². The van der Waals surface area contributed by atoms with Gasteiger partial charge in [0.2, 0.25) is 5.91 Å². The molecule has 1 aromatic heterocycles. The zero-order valence-corrected chi connectivity index (χ0v) is 13.3. The Morgan fingerprint density at radius 1 is 1.30 bits per heavy atom. The summed E-state index contributed by atoms with van der Waals surface area (Å²) in [5.41, 5.74) is 2.36. The fourth-order valence-electron chi connectivity index (χ4n) is 2.76. The van der Waals surface area contributed by atoms with Gasteiger partial charge in [-0.3, -0.25) is 9.59 Å². The van der Waals surface area contributed by atoms with Crippen molar-refractivity contribution in [3.63, 3.8) is 0 Å². The van der Waals surface area contributed by atoms with Crippen LogP contribution in [0.2, 0.25) is 0 Å². The number of carbonyl (C=O) groups excluding carboxylic acids is 1. The number of benzene rings is 1. The van der Waals surface area contributed by atoms with Crippen molar-refractivity contribution in [2.45, 2.75) is 19.4 Å². The van der Waals surface area contributed by atoms with Gasteiger partial charge in [0.25, 0.3) is 5.56 Å². The van der Waals surface area contributed by atoms with Crippen molar-refractivity contribution in [3.8, 4) is 5.75 Å². The van der Waals surface area contributed by atoms with Gasteiger partial charge in [-0.1, -0.05) is 12.1 Å². The van der Waals surface area contributed by atoms with Gasteiger partial charge in [-0.15, -0.1) is 0 Å². The number of ether oxygens (including phenoxy) is 1. The summed E-state index contributed by atoms with van der Waals surface area (Å²) in [6.07, 6.45) is 2.41. The molecule has 1 aliphatic heterocycles. The molecular weight excluding hydrogens is 294 g/mol. The number of hydrogen-bond acceptors (Lipinski definition) is 4. The molecule has 0 fully saturated rings. The Kier molecular flexibility index (Phi) is 4.14. The fraction of sp³-hybridized carbons (Fsp3) is 0.353. The summed E-state index contributed by atoms with van der Waals surface area (Å²) in [4.78, 5) is 30.6. The zero-order chi connectivity index (χ0) is 16.4. The first-order chi connectivity index (χ1) is 11.1. The molecule has 0 aliphatic carbocycles. The van der Waals surface area contributed by atoms with Crippen LogP contribution in [0.3, 0.4) is 0 Å². The van der Waals surface area contributed by atoms with Crippen molar-refractivity contribution < 1.29 is 9.53 Å². The number of aromatic nitrogens is 2. The zero-order valence-electron chi connectivity index (χ0n) is 13.3. The number of rotatable bonds is 3. The molecule has 0 spiro atoms. The van der Waals surface area contributed by atoms with Crippen LogP contribution < -0.4 is 10.3 Å². The Morgan fingerprint density at radius 3 is 2.74 bits per heavy atom. The number of hydrogen-bond donors (Lipinski definition) is 0. The molecule has 0 bridgehead atoms. The molecule has 23 heavy (non-hydrogen) atoms. The molecule has 0 unspecified atom stereocenters. The highest BCUT2D eigenvalue weighted by Crippen LogP contribution is 2.16. The fourth-order valence-corrected chi connectivity index (χ4v) is 2.76. The maximum absolute atomic E-state index is 12.5. The van der Waals surface area contributed by atoms with E-state index in [-0.39, 0.29) is 11.5 Å². The van der Waals surface area contributed by atoms with Gasteiger partial charge in [-0.2, -0.15) is 0 Å². The smallest absolute Gasteiger partial charge is 0.256 e. The first-order valence-electron chi connectivity index (χ1n) is 7.52. The van der Waals surface area contributed by atoms with E-state index >= 15 is 0 Å². The molecule has 0 radical (unpaired) electrons. The van der Waals surface area contributed by atoms with Crippen LogP contribution in [0.15, 0.2) is 35.4 Å². The largest absolute Gasteiger partial charge is 0.497 e. The van der Waals surface area contributed by atoms with E-state index in [0.29, 0.717) is 31.6 Å². The van der Waals surface area contributed by atoms with Gasteiger partial charge in [0.1, 0.15) is 5.75 Å². The Morgan fingerprint density at radius 2 is 2.04 bits per heavy atom. The molecular formula is C17H19N3O3. The van der Waals surface area contributed by atoms with E-state index in [4.69, 9.17) is 4.74 Å². The number of fused-ring (bicyclic) bond motifs is 1. The van der Waals surface area contributed by atoms with Crippen LogP contribution in [-0.4, -0.2) is 34.0 Å². The highest BCUT2D eigenvalue weighted by molar-refractivity contribution is 5.79. The second-order valence-corrected chi connectivity index (χ2v) is 5.68. The van der Waals surface area contributed by atoms with Crippen molar-refractivity contribution in [2.24, 2.45) is 7.05 Å². The van der Waals surface area contributed by atoms with E-state index < -0.39 is 0 Å². The molecule has 6 heteroatoms. The lowest BCUT2D eigenvalue weighted by Crippen LogP contribution is -2.40. The number of aryl methyl sites for hydroxylation is 1. The number of carbonyl (C=O) groups is 1.